The van der Waals surface area contributed by atoms with Crippen LogP contribution in [0.2, 0.25) is 0 Å². The number of benzene rings is 2. The van der Waals surface area contributed by atoms with Crippen LogP contribution in [0.25, 0.3) is 0 Å². The Kier molecular flexibility index (Phi) is 6.43. The summed E-state index contributed by atoms with van der Waals surface area (Å²) in [6.45, 7) is 0.797. The Morgan fingerprint density at radius 2 is 1.91 bits per heavy atom. The fraction of sp³-hybridized carbons (Fsp3) is 0.458. The molecule has 1 saturated carbocycles. The zero-order chi connectivity index (χ0) is 23.8. The molecule has 33 heavy (non-hydrogen) atoms. The molecule has 0 unspecified atom stereocenters. The van der Waals surface area contributed by atoms with Crippen molar-refractivity contribution >= 4 is 11.7 Å². The molecule has 0 radical (unpaired) electrons. The maximum Gasteiger partial charge on any atom is 0.319 e. The second-order valence-electron chi connectivity index (χ2n) is 8.76. The van der Waals surface area contributed by atoms with Gasteiger partial charge in [0.2, 0.25) is 0 Å². The molecule has 0 bridgehead atoms. The highest BCUT2D eigenvalue weighted by Crippen LogP contribution is 2.51. The van der Waals surface area contributed by atoms with Gasteiger partial charge in [-0.3, -0.25) is 0 Å². The Morgan fingerprint density at radius 1 is 1.12 bits per heavy atom. The molecule has 9 heteroatoms. The first-order chi connectivity index (χ1) is 15.8. The van der Waals surface area contributed by atoms with E-state index in [1.807, 2.05) is 7.05 Å². The van der Waals surface area contributed by atoms with Crippen molar-refractivity contribution in [3.63, 3.8) is 0 Å². The van der Waals surface area contributed by atoms with Crippen LogP contribution in [-0.4, -0.2) is 50.8 Å². The highest BCUT2D eigenvalue weighted by Gasteiger charge is 2.52. The molecule has 2 aromatic rings. The van der Waals surface area contributed by atoms with Crippen molar-refractivity contribution < 1.29 is 27.4 Å². The summed E-state index contributed by atoms with van der Waals surface area (Å²) < 4.78 is 53.3. The number of halogens is 3. The first-order valence-corrected chi connectivity index (χ1v) is 10.9. The van der Waals surface area contributed by atoms with Crippen molar-refractivity contribution in [3.05, 3.63) is 53.3 Å². The van der Waals surface area contributed by atoms with Gasteiger partial charge in [0.25, 0.3) is 0 Å². The van der Waals surface area contributed by atoms with Crippen molar-refractivity contribution in [1.82, 2.24) is 10.2 Å². The largest absolute Gasteiger partial charge is 0.493 e. The van der Waals surface area contributed by atoms with Crippen LogP contribution in [0.5, 0.6) is 11.5 Å². The van der Waals surface area contributed by atoms with Gasteiger partial charge in [-0.15, -0.1) is 0 Å². The summed E-state index contributed by atoms with van der Waals surface area (Å²) in [5.74, 6) is -1.33. The van der Waals surface area contributed by atoms with Crippen molar-refractivity contribution in [2.75, 3.05) is 33.1 Å². The second kappa shape index (κ2) is 9.13. The van der Waals surface area contributed by atoms with Gasteiger partial charge in [-0.2, -0.15) is 0 Å². The van der Waals surface area contributed by atoms with Gasteiger partial charge < -0.3 is 25.0 Å². The molecule has 6 nitrogen and oxygen atoms in total. The van der Waals surface area contributed by atoms with Gasteiger partial charge in [-0.25, -0.2) is 18.0 Å². The molecule has 1 aliphatic carbocycles. The van der Waals surface area contributed by atoms with Crippen LogP contribution in [0.3, 0.4) is 0 Å². The van der Waals surface area contributed by atoms with Gasteiger partial charge in [-0.05, 0) is 63.0 Å². The molecular formula is C24H28F3N3O3. The Labute approximate surface area is 191 Å². The second-order valence-corrected chi connectivity index (χ2v) is 8.76. The number of methoxy groups -OCH3 is 2. The highest BCUT2D eigenvalue weighted by atomic mass is 19.1. The number of nitrogens with one attached hydrogen (secondary N) is 2. The number of amides is 2. The Bertz CT molecular complexity index is 1050. The van der Waals surface area contributed by atoms with Crippen LogP contribution >= 0.6 is 0 Å². The summed E-state index contributed by atoms with van der Waals surface area (Å²) in [5.41, 5.74) is -0.0379. The fourth-order valence-electron chi connectivity index (χ4n) is 5.43. The van der Waals surface area contributed by atoms with Crippen LogP contribution < -0.4 is 20.1 Å². The van der Waals surface area contributed by atoms with E-state index < -0.39 is 28.9 Å². The van der Waals surface area contributed by atoms with E-state index in [0.29, 0.717) is 30.6 Å². The zero-order valence-corrected chi connectivity index (χ0v) is 18.9. The summed E-state index contributed by atoms with van der Waals surface area (Å²) in [5, 5.41) is 5.25. The Morgan fingerprint density at radius 3 is 2.64 bits per heavy atom. The Balaban J connectivity index is 1.52. The summed E-state index contributed by atoms with van der Waals surface area (Å²) >= 11 is 0. The topological polar surface area (TPSA) is 62.8 Å². The number of likely N-dealkylation sites (tertiary alicyclic amines) is 1. The predicted octanol–water partition coefficient (Wildman–Crippen LogP) is 4.44. The van der Waals surface area contributed by atoms with E-state index in [4.69, 9.17) is 9.47 Å². The minimum atomic E-state index is -0.714. The number of carbonyl (C=O) groups is 1. The van der Waals surface area contributed by atoms with Crippen LogP contribution in [-0.2, 0) is 5.41 Å². The number of hydrogen-bond donors (Lipinski definition) is 2. The van der Waals surface area contributed by atoms with Gasteiger partial charge in [0.15, 0.2) is 17.3 Å². The molecular weight excluding hydrogens is 435 g/mol. The molecule has 1 aliphatic heterocycles. The molecule has 0 aromatic heterocycles. The molecule has 3 atom stereocenters. The molecule has 0 spiro atoms. The van der Waals surface area contributed by atoms with Crippen LogP contribution in [0.4, 0.5) is 23.7 Å². The molecule has 1 saturated heterocycles. The number of fused-ring (bicyclic) bond motifs is 1. The number of likely N-dealkylation sites (N-methyl/N-ethyl adjacent to an activating group) is 1. The van der Waals surface area contributed by atoms with E-state index in [2.05, 4.69) is 15.5 Å². The van der Waals surface area contributed by atoms with E-state index in [0.717, 1.165) is 31.2 Å². The summed E-state index contributed by atoms with van der Waals surface area (Å²) in [6.07, 6.45) is 2.67. The van der Waals surface area contributed by atoms with Crippen LogP contribution in [0.15, 0.2) is 30.3 Å². The van der Waals surface area contributed by atoms with Gasteiger partial charge in [0, 0.05) is 23.6 Å². The predicted molar refractivity (Wildman–Crippen MR) is 118 cm³/mol. The highest BCUT2D eigenvalue weighted by molar-refractivity contribution is 5.89. The fourth-order valence-corrected chi connectivity index (χ4v) is 5.43. The third kappa shape index (κ3) is 4.21. The molecule has 2 aliphatic rings. The van der Waals surface area contributed by atoms with Crippen molar-refractivity contribution in [2.24, 2.45) is 0 Å². The molecule has 2 N–H and O–H groups in total. The van der Waals surface area contributed by atoms with Crippen molar-refractivity contribution in [2.45, 2.75) is 43.2 Å². The maximum absolute atomic E-state index is 15.5. The van der Waals surface area contributed by atoms with Gasteiger partial charge in [-0.1, -0.05) is 6.07 Å². The van der Waals surface area contributed by atoms with Crippen molar-refractivity contribution in [3.8, 4) is 11.5 Å². The number of urea groups is 1. The molecule has 4 rings (SSSR count). The zero-order valence-electron chi connectivity index (χ0n) is 18.9. The number of nitrogens with zero attached hydrogens (tertiary/aromatic N) is 1. The lowest BCUT2D eigenvalue weighted by Gasteiger charge is -2.45. The number of rotatable bonds is 5. The number of carbonyl (C=O) groups excluding carboxylic acids is 1. The summed E-state index contributed by atoms with van der Waals surface area (Å²) in [6, 6.07) is 5.59. The average molecular weight is 464 g/mol. The number of hydrogen-bond acceptors (Lipinski definition) is 4. The standard InChI is InChI=1S/C24H28F3N3O3/c1-30-11-10-24(16-5-7-19(32-2)22(33-3)21(16)27)9-8-15(13-20(24)30)28-23(31)29-18-12-14(25)4-6-17(18)26/h4-7,12,15,20H,8-11,13H2,1-3H3,(H2,28,29,31)/t15-,20+,24-/m0/s1. The van der Waals surface area contributed by atoms with Crippen LogP contribution in [0, 0.1) is 17.5 Å². The van der Waals surface area contributed by atoms with Crippen molar-refractivity contribution in [1.29, 1.82) is 0 Å². The van der Waals surface area contributed by atoms with Gasteiger partial charge in [0.05, 0.1) is 19.9 Å². The SMILES string of the molecule is COc1ccc([C@@]23CC[C@H](NC(=O)Nc4cc(F)ccc4F)C[C@H]2N(C)CC3)c(F)c1OC. The lowest BCUT2D eigenvalue weighted by molar-refractivity contribution is 0.152. The Hall–Kier alpha value is -2.94. The quantitative estimate of drug-likeness (QED) is 0.689. The molecule has 2 fully saturated rings. The smallest absolute Gasteiger partial charge is 0.319 e. The molecule has 2 aromatic carbocycles. The average Bonchev–Trinajstić information content (AvgIpc) is 3.12. The van der Waals surface area contributed by atoms with Gasteiger partial charge >= 0.3 is 6.03 Å². The normalized spacial score (nSPS) is 24.8. The monoisotopic (exact) mass is 463 g/mol. The maximum atomic E-state index is 15.5. The van der Waals surface area contributed by atoms with E-state index in [1.165, 1.54) is 14.2 Å². The number of ether oxygens (including phenoxy) is 2. The first-order valence-electron chi connectivity index (χ1n) is 10.9. The lowest BCUT2D eigenvalue weighted by Crippen LogP contribution is -2.52. The summed E-state index contributed by atoms with van der Waals surface area (Å²) in [4.78, 5) is 14.6. The van der Waals surface area contributed by atoms with E-state index in [1.54, 1.807) is 12.1 Å². The number of anilines is 1. The third-order valence-electron chi connectivity index (χ3n) is 7.06. The minimum absolute atomic E-state index is 0.00458. The van der Waals surface area contributed by atoms with Crippen LogP contribution in [0.1, 0.15) is 31.2 Å². The molecule has 178 valence electrons. The summed E-state index contributed by atoms with van der Waals surface area (Å²) in [7, 11) is 4.89. The third-order valence-corrected chi connectivity index (χ3v) is 7.06. The first kappa shape index (κ1) is 23.2. The lowest BCUT2D eigenvalue weighted by atomic mass is 9.65. The minimum Gasteiger partial charge on any atom is -0.493 e. The van der Waals surface area contributed by atoms with E-state index >= 15 is 4.39 Å². The molecule has 2 amide bonds. The van der Waals surface area contributed by atoms with E-state index in [-0.39, 0.29) is 23.5 Å². The van der Waals surface area contributed by atoms with Gasteiger partial charge in [0.1, 0.15) is 11.6 Å². The van der Waals surface area contributed by atoms with E-state index in [9.17, 15) is 13.6 Å². The molecule has 1 heterocycles.